The molecule has 19 nitrogen and oxygen atoms in total. The summed E-state index contributed by atoms with van der Waals surface area (Å²) in [5.74, 6) is 3.84. The van der Waals surface area contributed by atoms with Gasteiger partial charge in [-0.3, -0.25) is 19.4 Å². The van der Waals surface area contributed by atoms with Crippen molar-refractivity contribution in [2.24, 2.45) is 5.73 Å². The molecule has 23 heteroatoms. The van der Waals surface area contributed by atoms with Gasteiger partial charge >= 0.3 is 0 Å². The molecule has 0 unspecified atom stereocenters. The lowest BCUT2D eigenvalue weighted by Crippen LogP contribution is -2.47. The van der Waals surface area contributed by atoms with Crippen LogP contribution in [0.3, 0.4) is 0 Å². The Morgan fingerprint density at radius 2 is 1.28 bits per heavy atom. The number of benzene rings is 2. The van der Waals surface area contributed by atoms with Gasteiger partial charge in [0.15, 0.2) is 10.2 Å². The lowest BCUT2D eigenvalue weighted by molar-refractivity contribution is -0.112. The molecule has 2 saturated heterocycles. The average Bonchev–Trinajstić information content (AvgIpc) is 3.77. The van der Waals surface area contributed by atoms with Crippen LogP contribution in [0.5, 0.6) is 0 Å². The number of rotatable bonds is 14. The third-order valence-electron chi connectivity index (χ3n) is 10.6. The highest BCUT2D eigenvalue weighted by Crippen LogP contribution is 2.29. The molecular weight excluding hydrogens is 1060 g/mol. The van der Waals surface area contributed by atoms with Crippen LogP contribution < -0.4 is 36.8 Å². The second-order valence-electron chi connectivity index (χ2n) is 15.7. The molecule has 372 valence electrons. The first-order valence-corrected chi connectivity index (χ1v) is 23.6. The Morgan fingerprint density at radius 3 is 1.78 bits per heavy atom. The molecular formula is C46H62ClIN14O5S2. The molecule has 5 aromatic rings. The first-order valence-electron chi connectivity index (χ1n) is 22.0. The highest BCUT2D eigenvalue weighted by atomic mass is 127. The van der Waals surface area contributed by atoms with E-state index in [0.29, 0.717) is 50.5 Å². The van der Waals surface area contributed by atoms with Crippen molar-refractivity contribution in [3.63, 3.8) is 0 Å². The maximum atomic E-state index is 12.7. The number of nitrogens with zero attached hydrogens (tertiary/aromatic N) is 9. The molecule has 3 aromatic heterocycles. The normalized spacial score (nSPS) is 13.8. The van der Waals surface area contributed by atoms with Gasteiger partial charge in [-0.25, -0.2) is 24.9 Å². The first kappa shape index (κ1) is 56.2. The molecule has 0 bridgehead atoms. The Bertz CT molecular complexity index is 2460. The molecule has 2 fully saturated rings. The number of piperazine rings is 2. The van der Waals surface area contributed by atoms with Crippen molar-refractivity contribution in [3.8, 4) is 0 Å². The van der Waals surface area contributed by atoms with Gasteiger partial charge in [0.1, 0.15) is 39.8 Å². The fourth-order valence-electron chi connectivity index (χ4n) is 7.18. The van der Waals surface area contributed by atoms with E-state index in [1.807, 2.05) is 77.1 Å². The SMILES string of the molecule is COC=CC(=O)Nc1c(C)cccc1C.Cc1nc(NC(N)=S)cc(N2CCN(CCO)CC2)n1.Cc1nc(Nc2ncc(C(=O)Nc3c(C)cccc3Cl)s2)cc(N2CCN(CCO)CC2)n1.I. The van der Waals surface area contributed by atoms with Crippen molar-refractivity contribution in [1.29, 1.82) is 0 Å². The number of nitrogens with one attached hydrogen (secondary N) is 4. The fraction of sp³-hybridized carbons (Fsp3) is 0.391. The zero-order chi connectivity index (χ0) is 49.2. The Hall–Kier alpha value is -5.34. The van der Waals surface area contributed by atoms with E-state index >= 15 is 0 Å². The summed E-state index contributed by atoms with van der Waals surface area (Å²) >= 11 is 12.3. The average molecular weight is 1120 g/mol. The van der Waals surface area contributed by atoms with Gasteiger partial charge < -0.3 is 51.8 Å². The maximum Gasteiger partial charge on any atom is 0.267 e. The van der Waals surface area contributed by atoms with Crippen molar-refractivity contribution < 1.29 is 24.5 Å². The second kappa shape index (κ2) is 28.4. The molecule has 7 rings (SSSR count). The van der Waals surface area contributed by atoms with Crippen molar-refractivity contribution in [2.75, 3.05) is 117 Å². The number of nitrogens with two attached hydrogens (primary N) is 1. The van der Waals surface area contributed by atoms with E-state index in [9.17, 15) is 9.59 Å². The van der Waals surface area contributed by atoms with Gasteiger partial charge in [0.2, 0.25) is 0 Å². The largest absolute Gasteiger partial charge is 0.504 e. The standard InChI is InChI=1S/C22H26ClN7O2S.C12H20N6OS.C12H15NO2.HI/c1-14-4-3-5-16(23)20(14)28-21(32)17-13-24-22(33-17)27-18-12-19(26-15(2)25-18)30-8-6-29(7-9-30)10-11-31;1-9-14-10(16-12(13)20)8-11(15-9)18-4-2-17(3-5-18)6-7-19;1-9-5-4-6-10(2)12(9)13-11(14)7-8-15-3;/h3-5,12-13,31H,6-11H2,1-2H3,(H,28,32)(H,24,25,26,27);8,19H,2-7H2,1H3,(H3,13,14,15,16,20);4-8H,1-3H3,(H,13,14);1H. The van der Waals surface area contributed by atoms with Crippen molar-refractivity contribution >= 4 is 116 Å². The number of aliphatic hydroxyl groups excluding tert-OH is 2. The number of hydrogen-bond donors (Lipinski definition) is 7. The van der Waals surface area contributed by atoms with Gasteiger partial charge in [0.25, 0.3) is 11.8 Å². The zero-order valence-electron chi connectivity index (χ0n) is 39.7. The molecule has 2 aromatic carbocycles. The Balaban J connectivity index is 0.000000246. The van der Waals surface area contributed by atoms with E-state index < -0.39 is 0 Å². The number of carbonyl (C=O) groups is 2. The van der Waals surface area contributed by atoms with Crippen LogP contribution in [0.25, 0.3) is 0 Å². The third-order valence-corrected chi connectivity index (χ3v) is 12.0. The van der Waals surface area contributed by atoms with E-state index in [1.54, 1.807) is 6.07 Å². The van der Waals surface area contributed by atoms with Crippen LogP contribution in [0.4, 0.5) is 39.8 Å². The minimum atomic E-state index is -0.267. The molecule has 2 aliphatic rings. The monoisotopic (exact) mass is 1120 g/mol. The molecule has 2 aliphatic heterocycles. The predicted molar refractivity (Wildman–Crippen MR) is 291 cm³/mol. The van der Waals surface area contributed by atoms with Gasteiger partial charge in [0.05, 0.1) is 43.5 Å². The minimum Gasteiger partial charge on any atom is -0.504 e. The summed E-state index contributed by atoms with van der Waals surface area (Å²) in [5.41, 5.74) is 9.92. The summed E-state index contributed by atoms with van der Waals surface area (Å²) < 4.78 is 4.67. The molecule has 0 spiro atoms. The van der Waals surface area contributed by atoms with E-state index in [2.05, 4.69) is 70.5 Å². The number of methoxy groups -OCH3 is 1. The number of halogens is 2. The zero-order valence-corrected chi connectivity index (χ0v) is 44.4. The summed E-state index contributed by atoms with van der Waals surface area (Å²) in [5, 5.41) is 31.0. The first-order chi connectivity index (χ1) is 32.6. The fourth-order valence-corrected chi connectivity index (χ4v) is 8.28. The third kappa shape index (κ3) is 17.8. The molecule has 0 saturated carbocycles. The lowest BCUT2D eigenvalue weighted by Gasteiger charge is -2.35. The summed E-state index contributed by atoms with van der Waals surface area (Å²) in [6.07, 6.45) is 4.23. The number of aromatic nitrogens is 5. The lowest BCUT2D eigenvalue weighted by atomic mass is 10.1. The van der Waals surface area contributed by atoms with Gasteiger partial charge in [-0.05, 0) is 69.6 Å². The van der Waals surface area contributed by atoms with Crippen LogP contribution in [0, 0.1) is 34.6 Å². The van der Waals surface area contributed by atoms with E-state index in [0.717, 1.165) is 92.9 Å². The van der Waals surface area contributed by atoms with Gasteiger partial charge in [0, 0.05) is 89.3 Å². The number of amides is 2. The molecule has 0 radical (unpaired) electrons. The number of aliphatic hydroxyl groups is 2. The highest BCUT2D eigenvalue weighted by Gasteiger charge is 2.21. The topological polar surface area (TPSA) is 235 Å². The number of thiazole rings is 1. The Morgan fingerprint density at radius 1 is 0.768 bits per heavy atom. The highest BCUT2D eigenvalue weighted by molar-refractivity contribution is 14.0. The van der Waals surface area contributed by atoms with Crippen LogP contribution in [-0.2, 0) is 9.53 Å². The molecule has 0 aliphatic carbocycles. The summed E-state index contributed by atoms with van der Waals surface area (Å²) in [4.78, 5) is 55.5. The molecule has 69 heavy (non-hydrogen) atoms. The Labute approximate surface area is 435 Å². The number of thiocarbonyl (C=S) groups is 1. The molecule has 2 amide bonds. The molecule has 8 N–H and O–H groups in total. The summed E-state index contributed by atoms with van der Waals surface area (Å²) in [6.45, 7) is 18.3. The predicted octanol–water partition coefficient (Wildman–Crippen LogP) is 5.89. The van der Waals surface area contributed by atoms with E-state index in [4.69, 9.17) is 39.8 Å². The number of hydrogen-bond acceptors (Lipinski definition) is 17. The number of anilines is 7. The number of ether oxygens (including phenoxy) is 1. The summed E-state index contributed by atoms with van der Waals surface area (Å²) in [6, 6.07) is 15.1. The van der Waals surface area contributed by atoms with Crippen molar-refractivity contribution in [1.82, 2.24) is 34.7 Å². The van der Waals surface area contributed by atoms with Gasteiger partial charge in [-0.2, -0.15) is 0 Å². The van der Waals surface area contributed by atoms with E-state index in [-0.39, 0.29) is 54.1 Å². The van der Waals surface area contributed by atoms with Crippen LogP contribution >= 0.6 is 59.1 Å². The minimum absolute atomic E-state index is 0. The Kier molecular flexibility index (Phi) is 23.1. The summed E-state index contributed by atoms with van der Waals surface area (Å²) in [7, 11) is 1.50. The number of β-amino-alcohol motifs (C(OH)–C–C–N with tert-alkyl or cyclic N) is 2. The number of para-hydroxylation sites is 2. The van der Waals surface area contributed by atoms with Crippen LogP contribution in [-0.4, -0.2) is 148 Å². The van der Waals surface area contributed by atoms with Crippen LogP contribution in [0.1, 0.15) is 38.0 Å². The van der Waals surface area contributed by atoms with Crippen molar-refractivity contribution in [2.45, 2.75) is 34.6 Å². The smallest absolute Gasteiger partial charge is 0.267 e. The number of carbonyl (C=O) groups excluding carboxylic acids is 2. The maximum absolute atomic E-state index is 12.7. The number of aryl methyl sites for hydroxylation is 5. The molecule has 5 heterocycles. The van der Waals surface area contributed by atoms with Crippen LogP contribution in [0.15, 0.2) is 67.1 Å². The van der Waals surface area contributed by atoms with Crippen molar-refractivity contribution in [3.05, 3.63) is 105 Å². The second-order valence-corrected chi connectivity index (χ2v) is 17.6. The quantitative estimate of drug-likeness (QED) is 0.0297. The van der Waals surface area contributed by atoms with Crippen LogP contribution in [0.2, 0.25) is 5.02 Å². The van der Waals surface area contributed by atoms with Gasteiger partial charge in [-0.1, -0.05) is 53.3 Å². The van der Waals surface area contributed by atoms with Gasteiger partial charge in [-0.15, -0.1) is 24.0 Å². The van der Waals surface area contributed by atoms with E-state index in [1.165, 1.54) is 37.0 Å². The molecule has 0 atom stereocenters.